The van der Waals surface area contributed by atoms with Crippen molar-refractivity contribution in [2.75, 3.05) is 23.7 Å². The molecule has 8 heteroatoms. The van der Waals surface area contributed by atoms with Crippen molar-refractivity contribution in [1.82, 2.24) is 0 Å². The molecule has 0 amide bonds. The second kappa shape index (κ2) is 8.28. The maximum Gasteiger partial charge on any atom is 0.292 e. The number of nitrogens with zero attached hydrogens (tertiary/aromatic N) is 2. The molecule has 0 bridgehead atoms. The van der Waals surface area contributed by atoms with Crippen LogP contribution in [-0.4, -0.2) is 22.9 Å². The number of nitro benzene ring substituents is 2. The summed E-state index contributed by atoms with van der Waals surface area (Å²) in [5.41, 5.74) is 0.922. The van der Waals surface area contributed by atoms with E-state index in [0.29, 0.717) is 24.5 Å². The number of anilines is 2. The van der Waals surface area contributed by atoms with Gasteiger partial charge in [0.2, 0.25) is 0 Å². The molecule has 0 fully saturated rings. The van der Waals surface area contributed by atoms with Crippen LogP contribution in [0.3, 0.4) is 0 Å². The zero-order valence-electron chi connectivity index (χ0n) is 12.7. The van der Waals surface area contributed by atoms with Gasteiger partial charge in [0, 0.05) is 25.2 Å². The molecule has 0 heterocycles. The quantitative estimate of drug-likeness (QED) is 0.435. The number of hydrogen-bond donors (Lipinski definition) is 2. The van der Waals surface area contributed by atoms with Crippen LogP contribution in [0.1, 0.15) is 0 Å². The Hall–Kier alpha value is -3.42. The van der Waals surface area contributed by atoms with Gasteiger partial charge < -0.3 is 10.6 Å². The van der Waals surface area contributed by atoms with Crippen LogP contribution in [0, 0.1) is 20.2 Å². The Bertz CT molecular complexity index is 698. The van der Waals surface area contributed by atoms with Gasteiger partial charge in [-0.15, -0.1) is 0 Å². The van der Waals surface area contributed by atoms with Crippen molar-refractivity contribution in [3.05, 3.63) is 80.9 Å². The lowest BCUT2D eigenvalue weighted by molar-refractivity contribution is -0.384. The molecule has 2 rings (SSSR count). The molecule has 0 unspecified atom stereocenters. The van der Waals surface area contributed by atoms with Crippen molar-refractivity contribution in [2.45, 2.75) is 0 Å². The van der Waals surface area contributed by atoms with E-state index in [-0.39, 0.29) is 11.4 Å². The van der Waals surface area contributed by atoms with Crippen LogP contribution in [0.2, 0.25) is 0 Å². The van der Waals surface area contributed by atoms with Gasteiger partial charge in [0.25, 0.3) is 11.4 Å². The third-order valence-electron chi connectivity index (χ3n) is 3.19. The summed E-state index contributed by atoms with van der Waals surface area (Å²) in [6.45, 7) is 0.812. The van der Waals surface area contributed by atoms with E-state index in [1.54, 1.807) is 48.6 Å². The summed E-state index contributed by atoms with van der Waals surface area (Å²) >= 11 is 0. The Morgan fingerprint density at radius 1 is 0.750 bits per heavy atom. The summed E-state index contributed by atoms with van der Waals surface area (Å²) in [6, 6.07) is 12.8. The van der Waals surface area contributed by atoms with Crippen molar-refractivity contribution in [3.63, 3.8) is 0 Å². The third-order valence-corrected chi connectivity index (χ3v) is 3.19. The van der Waals surface area contributed by atoms with Crippen LogP contribution in [0.15, 0.2) is 60.7 Å². The summed E-state index contributed by atoms with van der Waals surface area (Å²) in [6.07, 6.45) is 3.58. The molecule has 2 N–H and O–H groups in total. The molecule has 0 saturated heterocycles. The molecular formula is C16H16N4O4. The molecule has 0 aliphatic rings. The first-order chi connectivity index (χ1) is 11.6. The first-order valence-corrected chi connectivity index (χ1v) is 7.19. The molecule has 0 aliphatic heterocycles. The molecule has 8 nitrogen and oxygen atoms in total. The standard InChI is InChI=1S/C16H16N4O4/c21-19(22)15-9-3-1-7-13(15)17-11-5-6-12-18-14-8-2-4-10-16(14)20(23)24/h1-10,17-18H,11-12H2/b6-5+. The highest BCUT2D eigenvalue weighted by Gasteiger charge is 2.11. The van der Waals surface area contributed by atoms with Gasteiger partial charge in [0.15, 0.2) is 0 Å². The first kappa shape index (κ1) is 16.9. The minimum absolute atomic E-state index is 0.0175. The first-order valence-electron chi connectivity index (χ1n) is 7.19. The maximum atomic E-state index is 10.9. The van der Waals surface area contributed by atoms with Gasteiger partial charge in [-0.3, -0.25) is 20.2 Å². The number of benzene rings is 2. The lowest BCUT2D eigenvalue weighted by Crippen LogP contribution is -2.04. The molecule has 0 saturated carbocycles. The van der Waals surface area contributed by atoms with Crippen LogP contribution in [0.25, 0.3) is 0 Å². The molecule has 2 aromatic carbocycles. The SMILES string of the molecule is O=[N+]([O-])c1ccccc1NC/C=C/CNc1ccccc1[N+](=O)[O-]. The second-order valence-corrected chi connectivity index (χ2v) is 4.78. The molecule has 2 aromatic rings. The third kappa shape index (κ3) is 4.54. The fourth-order valence-corrected chi connectivity index (χ4v) is 2.07. The fourth-order valence-electron chi connectivity index (χ4n) is 2.07. The van der Waals surface area contributed by atoms with Crippen molar-refractivity contribution < 1.29 is 9.85 Å². The van der Waals surface area contributed by atoms with E-state index in [2.05, 4.69) is 10.6 Å². The van der Waals surface area contributed by atoms with E-state index in [4.69, 9.17) is 0 Å². The van der Waals surface area contributed by atoms with Crippen LogP contribution >= 0.6 is 0 Å². The highest BCUT2D eigenvalue weighted by Crippen LogP contribution is 2.23. The van der Waals surface area contributed by atoms with Gasteiger partial charge >= 0.3 is 0 Å². The molecule has 24 heavy (non-hydrogen) atoms. The Morgan fingerprint density at radius 2 is 1.12 bits per heavy atom. The monoisotopic (exact) mass is 328 g/mol. The average molecular weight is 328 g/mol. The van der Waals surface area contributed by atoms with Gasteiger partial charge in [0.05, 0.1) is 9.85 Å². The maximum absolute atomic E-state index is 10.9. The predicted molar refractivity (Wildman–Crippen MR) is 92.3 cm³/mol. The van der Waals surface area contributed by atoms with Gasteiger partial charge in [-0.25, -0.2) is 0 Å². The van der Waals surface area contributed by atoms with Crippen LogP contribution < -0.4 is 10.6 Å². The van der Waals surface area contributed by atoms with Crippen LogP contribution in [-0.2, 0) is 0 Å². The summed E-state index contributed by atoms with van der Waals surface area (Å²) in [4.78, 5) is 20.9. The van der Waals surface area contributed by atoms with Crippen LogP contribution in [0.4, 0.5) is 22.7 Å². The normalized spacial score (nSPS) is 10.5. The molecule has 0 aliphatic carbocycles. The molecule has 0 spiro atoms. The molecule has 0 aromatic heterocycles. The number of hydrogen-bond acceptors (Lipinski definition) is 6. The predicted octanol–water partition coefficient (Wildman–Crippen LogP) is 3.58. The Kier molecular flexibility index (Phi) is 5.84. The summed E-state index contributed by atoms with van der Waals surface area (Å²) in [5, 5.41) is 27.7. The summed E-state index contributed by atoms with van der Waals surface area (Å²) < 4.78 is 0. The zero-order valence-corrected chi connectivity index (χ0v) is 12.7. The van der Waals surface area contributed by atoms with Gasteiger partial charge in [-0.05, 0) is 12.1 Å². The minimum Gasteiger partial charge on any atom is -0.376 e. The molecule has 0 atom stereocenters. The van der Waals surface area contributed by atoms with E-state index in [9.17, 15) is 20.2 Å². The van der Waals surface area contributed by atoms with Crippen molar-refractivity contribution >= 4 is 22.7 Å². The largest absolute Gasteiger partial charge is 0.376 e. The van der Waals surface area contributed by atoms with E-state index >= 15 is 0 Å². The van der Waals surface area contributed by atoms with E-state index in [1.807, 2.05) is 0 Å². The van der Waals surface area contributed by atoms with E-state index < -0.39 is 9.85 Å². The Balaban J connectivity index is 1.84. The molecule has 0 radical (unpaired) electrons. The number of nitrogens with one attached hydrogen (secondary N) is 2. The summed E-state index contributed by atoms with van der Waals surface area (Å²) in [5.74, 6) is 0. The summed E-state index contributed by atoms with van der Waals surface area (Å²) in [7, 11) is 0. The highest BCUT2D eigenvalue weighted by atomic mass is 16.6. The van der Waals surface area contributed by atoms with Gasteiger partial charge in [-0.2, -0.15) is 0 Å². The lowest BCUT2D eigenvalue weighted by Gasteiger charge is -2.05. The smallest absolute Gasteiger partial charge is 0.292 e. The topological polar surface area (TPSA) is 110 Å². The number of nitro groups is 2. The van der Waals surface area contributed by atoms with Crippen molar-refractivity contribution in [3.8, 4) is 0 Å². The average Bonchev–Trinajstić information content (AvgIpc) is 2.58. The van der Waals surface area contributed by atoms with Crippen molar-refractivity contribution in [1.29, 1.82) is 0 Å². The van der Waals surface area contributed by atoms with Crippen molar-refractivity contribution in [2.24, 2.45) is 0 Å². The van der Waals surface area contributed by atoms with E-state index in [0.717, 1.165) is 0 Å². The Labute approximate surface area is 138 Å². The minimum atomic E-state index is -0.442. The number of para-hydroxylation sites is 4. The molecular weight excluding hydrogens is 312 g/mol. The van der Waals surface area contributed by atoms with Gasteiger partial charge in [-0.1, -0.05) is 36.4 Å². The zero-order chi connectivity index (χ0) is 17.4. The van der Waals surface area contributed by atoms with Crippen LogP contribution in [0.5, 0.6) is 0 Å². The molecule has 124 valence electrons. The van der Waals surface area contributed by atoms with Gasteiger partial charge in [0.1, 0.15) is 11.4 Å². The number of rotatable bonds is 8. The lowest BCUT2D eigenvalue weighted by atomic mass is 10.2. The second-order valence-electron chi connectivity index (χ2n) is 4.78. The van der Waals surface area contributed by atoms with E-state index in [1.165, 1.54) is 12.1 Å². The fraction of sp³-hybridized carbons (Fsp3) is 0.125. The highest BCUT2D eigenvalue weighted by molar-refractivity contribution is 5.62. The Morgan fingerprint density at radius 3 is 1.50 bits per heavy atom.